The van der Waals surface area contributed by atoms with E-state index in [0.717, 1.165) is 136 Å². The molecule has 6 aromatic carbocycles. The van der Waals surface area contributed by atoms with Gasteiger partial charge in [-0.2, -0.15) is 13.2 Å². The van der Waals surface area contributed by atoms with Crippen molar-refractivity contribution in [2.75, 3.05) is 150 Å². The second-order valence-corrected chi connectivity index (χ2v) is 41.0. The molecule has 34 nitrogen and oxygen atoms in total. The Labute approximate surface area is 848 Å². The van der Waals surface area contributed by atoms with Crippen LogP contribution < -0.4 is 47.9 Å². The van der Waals surface area contributed by atoms with Crippen LogP contribution in [0.15, 0.2) is 133 Å². The molecule has 6 aromatic rings. The molecule has 0 radical (unpaired) electrons. The molecule has 12 aliphatic heterocycles. The lowest BCUT2D eigenvalue weighted by molar-refractivity contribution is -0.140. The lowest BCUT2D eigenvalue weighted by Crippen LogP contribution is -2.56. The number of aliphatic hydroxyl groups is 2. The van der Waals surface area contributed by atoms with E-state index >= 15 is 0 Å². The number of halogens is 6. The van der Waals surface area contributed by atoms with E-state index in [1.807, 2.05) is 102 Å². The Bertz CT molecular complexity index is 5370. The Kier molecular flexibility index (Phi) is 36.1. The molecule has 16 amide bonds. The smallest absolute Gasteiger partial charge is 0.416 e. The van der Waals surface area contributed by atoms with E-state index in [9.17, 15) is 76.4 Å². The van der Waals surface area contributed by atoms with Gasteiger partial charge in [0.2, 0.25) is 23.6 Å². The molecule has 12 heterocycles. The minimum Gasteiger partial charge on any atom is -0.508 e. The van der Waals surface area contributed by atoms with Crippen LogP contribution in [0.2, 0.25) is 15.1 Å². The zero-order valence-corrected chi connectivity index (χ0v) is 83.2. The molecule has 9 saturated heterocycles. The normalized spacial score (nSPS) is 21.1. The largest absolute Gasteiger partial charge is 0.508 e. The van der Waals surface area contributed by atoms with Crippen LogP contribution in [0.5, 0.6) is 5.75 Å². The number of anilines is 6. The van der Waals surface area contributed by atoms with Gasteiger partial charge in [0.15, 0.2) is 0 Å². The molecule has 143 heavy (non-hydrogen) atoms. The zero-order chi connectivity index (χ0) is 100. The van der Waals surface area contributed by atoms with Crippen molar-refractivity contribution >= 4 is 129 Å². The number of phenolic OH excluding ortho intramolecular Hbond substituents is 1. The van der Waals surface area contributed by atoms with Gasteiger partial charge in [-0.1, -0.05) is 109 Å². The standard InChI is InChI=1S/C35H46F3N7O4.C34H45Cl2N7O4.C34H44ClN7O5/c36-35(37,38)25-8-10-26(11-9-25)39-33(48)40-30(32(47)44-20-12-27(13-21-44)42-16-4-1-5-17-42)22-31(46)43-18-14-28(15-19-43)45-23-24-6-2-3-7-29(24)41-34(45)49;35-24-8-9-29(27(36)20-24)37-33(46)38-30(32(45)42-18-10-25(11-19-42)40-14-4-1-5-15-40)21-31(44)41-16-12-26(13-17-41)43-22-23-6-2-3-7-28(23)39-34(43)47;35-24-18-25(20-28(43)19-24)36-33(46)37-30(32(45)41-16-8-26(9-17-41)39-12-4-1-5-13-39)21-31(44)40-14-10-27(11-15-40)42-22-23-6-2-3-7-29(23)38-34(42)47/h2-3,6-11,27-28,30-31,46H,1,4-5,12-23H2,(H,41,49)(H2,39,40,48);2-3,6-9,20,25-26,30-31,44H,1,4-5,10-19,21-22H2,(H,39,47)(H2,37,38,46);2-3,6-7,18-20,26-27,30,43H,1,4-5,8-17,21-22H2,(H,38,47)(H2,36,37,46)/t2*30-,31?;30-/m000/s1. The molecule has 5 atom stereocenters. The highest BCUT2D eigenvalue weighted by Gasteiger charge is 2.44. The number of nitrogens with zero attached hydrogens (tertiary/aromatic N) is 12. The van der Waals surface area contributed by atoms with E-state index in [0.29, 0.717) is 166 Å². The summed E-state index contributed by atoms with van der Waals surface area (Å²) in [5.74, 6) is -1.10. The van der Waals surface area contributed by atoms with E-state index in [4.69, 9.17) is 34.8 Å². The molecule has 18 rings (SSSR count). The monoisotopic (exact) mass is 2040 g/mol. The first-order valence-corrected chi connectivity index (χ1v) is 52.2. The number of rotatable bonds is 23. The van der Waals surface area contributed by atoms with E-state index < -0.39 is 60.4 Å². The molecule has 0 spiro atoms. The van der Waals surface area contributed by atoms with Crippen LogP contribution in [-0.4, -0.2) is 319 Å². The summed E-state index contributed by atoms with van der Waals surface area (Å²) in [5.41, 5.74) is 5.63. The quantitative estimate of drug-likeness (QED) is 0.0283. The highest BCUT2D eigenvalue weighted by Crippen LogP contribution is 2.37. The van der Waals surface area contributed by atoms with E-state index in [1.165, 1.54) is 82.1 Å². The average Bonchev–Trinajstić information content (AvgIpc) is 0.805. The fourth-order valence-corrected chi connectivity index (χ4v) is 23.1. The maximum absolute atomic E-state index is 13.9. The predicted octanol–water partition coefficient (Wildman–Crippen LogP) is 14.5. The molecule has 0 bridgehead atoms. The lowest BCUT2D eigenvalue weighted by atomic mass is 9.98. The maximum atomic E-state index is 13.9. The number of aliphatic hydroxyl groups excluding tert-OH is 2. The van der Waals surface area contributed by atoms with Gasteiger partial charge in [-0.15, -0.1) is 0 Å². The third-order valence-electron chi connectivity index (χ3n) is 30.5. The number of nitrogens with one attached hydrogen (secondary N) is 9. The molecular weight excluding hydrogens is 1900 g/mol. The van der Waals surface area contributed by atoms with Crippen molar-refractivity contribution in [2.45, 2.75) is 247 Å². The predicted molar refractivity (Wildman–Crippen MR) is 542 cm³/mol. The Morgan fingerprint density at radius 3 is 1.09 bits per heavy atom. The number of carbonyl (C=O) groups is 10. The summed E-state index contributed by atoms with van der Waals surface area (Å²) in [5, 5.41) is 58.7. The van der Waals surface area contributed by atoms with E-state index in [2.05, 4.69) is 62.6 Å². The molecule has 0 saturated carbocycles. The number of phenols is 1. The van der Waals surface area contributed by atoms with Crippen molar-refractivity contribution in [2.24, 2.45) is 0 Å². The first kappa shape index (κ1) is 105. The van der Waals surface area contributed by atoms with Crippen molar-refractivity contribution < 1.29 is 76.4 Å². The third kappa shape index (κ3) is 28.0. The van der Waals surface area contributed by atoms with E-state index in [1.54, 1.807) is 26.8 Å². The van der Waals surface area contributed by atoms with Crippen LogP contribution in [0.4, 0.5) is 76.1 Å². The van der Waals surface area contributed by atoms with Gasteiger partial charge in [-0.3, -0.25) is 29.0 Å². The number of alkyl halides is 3. The molecular formula is C103H135Cl3F3N21O13. The molecule has 9 fully saturated rings. The van der Waals surface area contributed by atoms with Gasteiger partial charge in [0.1, 0.15) is 36.3 Å². The molecule has 2 unspecified atom stereocenters. The average molecular weight is 2040 g/mol. The van der Waals surface area contributed by atoms with Crippen LogP contribution in [0.25, 0.3) is 0 Å². The number of carbonyl (C=O) groups excluding carboxylic acids is 10. The molecule has 772 valence electrons. The van der Waals surface area contributed by atoms with Gasteiger partial charge < -0.3 is 112 Å². The highest BCUT2D eigenvalue weighted by atomic mass is 35.5. The first-order chi connectivity index (χ1) is 69.0. The summed E-state index contributed by atoms with van der Waals surface area (Å²) in [7, 11) is 0. The SMILES string of the molecule is O=C(Nc1cc(O)cc(Cl)c1)N[C@@H](CC(=O)N1CCC(N2Cc3ccccc3NC2=O)CC1)C(=O)N1CCC(N2CCCCC2)CC1.O=C(Nc1ccc(C(F)(F)F)cc1)N[C@@H](CC(O)N1CCC(N2Cc3ccccc3NC2=O)CC1)C(=O)N1CCC(N2CCCCC2)CC1.O=C(Nc1ccc(Cl)cc1Cl)N[C@@H](CC(O)N1CCC(N2Cc3ccccc3NC2=O)CC1)C(=O)N1CCC(N2CCCCC2)CC1. The molecule has 12 aliphatic rings. The maximum Gasteiger partial charge on any atom is 0.416 e. The molecule has 0 aliphatic carbocycles. The minimum absolute atomic E-state index is 0.0101. The lowest BCUT2D eigenvalue weighted by Gasteiger charge is -2.43. The third-order valence-corrected chi connectivity index (χ3v) is 31.2. The fourth-order valence-electron chi connectivity index (χ4n) is 22.4. The number of amides is 16. The number of para-hydroxylation sites is 3. The Hall–Kier alpha value is -11.0. The van der Waals surface area contributed by atoms with Crippen LogP contribution >= 0.6 is 34.8 Å². The van der Waals surface area contributed by atoms with E-state index in [-0.39, 0.29) is 106 Å². The summed E-state index contributed by atoms with van der Waals surface area (Å²) in [6.07, 6.45) is 13.4. The number of aromatic hydroxyl groups is 1. The summed E-state index contributed by atoms with van der Waals surface area (Å²) < 4.78 is 39.1. The summed E-state index contributed by atoms with van der Waals surface area (Å²) in [6, 6.07) is 32.2. The Balaban J connectivity index is 0.000000154. The second kappa shape index (κ2) is 49.3. The summed E-state index contributed by atoms with van der Waals surface area (Å²) in [4.78, 5) is 157. The van der Waals surface area contributed by atoms with Gasteiger partial charge in [0.25, 0.3) is 0 Å². The Morgan fingerprint density at radius 1 is 0.371 bits per heavy atom. The first-order valence-electron chi connectivity index (χ1n) is 51.0. The van der Waals surface area contributed by atoms with Crippen LogP contribution in [0.1, 0.15) is 176 Å². The number of fused-ring (bicyclic) bond motifs is 3. The van der Waals surface area contributed by atoms with Crippen molar-refractivity contribution in [1.29, 1.82) is 0 Å². The number of benzene rings is 6. The number of piperidine rings is 9. The highest BCUT2D eigenvalue weighted by molar-refractivity contribution is 6.36. The van der Waals surface area contributed by atoms with Crippen LogP contribution in [-0.2, 0) is 45.0 Å². The van der Waals surface area contributed by atoms with Gasteiger partial charge in [-0.05, 0) is 244 Å². The van der Waals surface area contributed by atoms with Gasteiger partial charge in [0.05, 0.1) is 22.7 Å². The Morgan fingerprint density at radius 2 is 0.713 bits per heavy atom. The zero-order valence-electron chi connectivity index (χ0n) is 80.9. The van der Waals surface area contributed by atoms with Crippen molar-refractivity contribution in [3.05, 3.63) is 171 Å². The second-order valence-electron chi connectivity index (χ2n) is 39.7. The number of likely N-dealkylation sites (tertiary alicyclic amines) is 9. The summed E-state index contributed by atoms with van der Waals surface area (Å²) in [6.45, 7) is 14.7. The summed E-state index contributed by atoms with van der Waals surface area (Å²) >= 11 is 18.3. The van der Waals surface area contributed by atoms with Gasteiger partial charge in [0, 0.05) is 192 Å². The molecule has 12 N–H and O–H groups in total. The van der Waals surface area contributed by atoms with Crippen LogP contribution in [0.3, 0.4) is 0 Å². The van der Waals surface area contributed by atoms with Crippen molar-refractivity contribution in [3.63, 3.8) is 0 Å². The number of hydrogen-bond donors (Lipinski definition) is 12. The van der Waals surface area contributed by atoms with Crippen LogP contribution in [0, 0.1) is 0 Å². The molecule has 0 aromatic heterocycles. The fraction of sp³-hybridized carbons (Fsp3) is 0.553. The van der Waals surface area contributed by atoms with Gasteiger partial charge >= 0.3 is 42.4 Å². The number of hydrogen-bond acceptors (Lipinski definition) is 18. The topological polar surface area (TPSA) is 379 Å². The molecule has 40 heteroatoms. The van der Waals surface area contributed by atoms with Crippen molar-refractivity contribution in [3.8, 4) is 5.75 Å². The van der Waals surface area contributed by atoms with Gasteiger partial charge in [-0.25, -0.2) is 28.8 Å². The van der Waals surface area contributed by atoms with Crippen molar-refractivity contribution in [1.82, 2.24) is 74.7 Å². The number of urea groups is 6. The minimum atomic E-state index is -4.50.